The van der Waals surface area contributed by atoms with Crippen molar-refractivity contribution >= 4 is 34.7 Å². The van der Waals surface area contributed by atoms with Crippen LogP contribution in [0.2, 0.25) is 0 Å². The summed E-state index contributed by atoms with van der Waals surface area (Å²) in [6.45, 7) is 4.73. The predicted octanol–water partition coefficient (Wildman–Crippen LogP) is 0.347. The molecular weight excluding hydrogens is 416 g/mol. The summed E-state index contributed by atoms with van der Waals surface area (Å²) in [5, 5.41) is 0. The summed E-state index contributed by atoms with van der Waals surface area (Å²) >= 11 is 0. The number of imidazole rings is 1. The number of ether oxygens (including phenoxy) is 1. The van der Waals surface area contributed by atoms with Gasteiger partial charge in [-0.05, 0) is 37.1 Å². The summed E-state index contributed by atoms with van der Waals surface area (Å²) in [7, 11) is 1.50. The fourth-order valence-electron chi connectivity index (χ4n) is 4.01. The molecule has 11 heteroatoms. The number of esters is 1. The van der Waals surface area contributed by atoms with E-state index in [0.29, 0.717) is 31.2 Å². The molecule has 0 saturated carbocycles. The van der Waals surface area contributed by atoms with Crippen molar-refractivity contribution in [2.75, 3.05) is 18.1 Å². The molecule has 1 atom stereocenters. The van der Waals surface area contributed by atoms with Gasteiger partial charge in [-0.1, -0.05) is 6.92 Å². The number of nitrogens with zero attached hydrogens (tertiary/aromatic N) is 5. The molecule has 0 fully saturated rings. The summed E-state index contributed by atoms with van der Waals surface area (Å²) in [6, 6.07) is 6.93. The van der Waals surface area contributed by atoms with Crippen LogP contribution in [-0.4, -0.2) is 43.7 Å². The third kappa shape index (κ3) is 3.45. The highest BCUT2D eigenvalue weighted by Gasteiger charge is 2.30. The van der Waals surface area contributed by atoms with E-state index in [-0.39, 0.29) is 17.1 Å². The molecule has 2 aromatic heterocycles. The van der Waals surface area contributed by atoms with E-state index in [1.54, 1.807) is 35.8 Å². The number of aromatic nitrogens is 4. The first kappa shape index (κ1) is 21.3. The molecule has 4 rings (SSSR count). The summed E-state index contributed by atoms with van der Waals surface area (Å²) in [4.78, 5) is 55.7. The maximum atomic E-state index is 13.1. The van der Waals surface area contributed by atoms with Crippen LogP contribution in [0.15, 0.2) is 33.9 Å². The van der Waals surface area contributed by atoms with E-state index in [9.17, 15) is 19.2 Å². The number of hydrogen-bond acceptors (Lipinski definition) is 7. The van der Waals surface area contributed by atoms with Crippen LogP contribution in [0.1, 0.15) is 24.2 Å². The molecule has 0 radical (unpaired) electrons. The molecule has 3 heterocycles. The van der Waals surface area contributed by atoms with E-state index in [1.165, 1.54) is 11.6 Å². The number of fused-ring (bicyclic) bond motifs is 3. The Bertz CT molecular complexity index is 1330. The number of anilines is 2. The molecule has 11 nitrogen and oxygen atoms in total. The lowest BCUT2D eigenvalue weighted by molar-refractivity contribution is -0.118. The maximum absolute atomic E-state index is 13.1. The number of rotatable bonds is 5. The Morgan fingerprint density at radius 2 is 1.88 bits per heavy atom. The second-order valence-corrected chi connectivity index (χ2v) is 7.88. The van der Waals surface area contributed by atoms with Crippen molar-refractivity contribution < 1.29 is 14.3 Å². The van der Waals surface area contributed by atoms with Crippen LogP contribution in [0.4, 0.5) is 11.6 Å². The van der Waals surface area contributed by atoms with Gasteiger partial charge in [0, 0.05) is 25.8 Å². The second-order valence-electron chi connectivity index (χ2n) is 7.88. The van der Waals surface area contributed by atoms with Crippen LogP contribution >= 0.6 is 0 Å². The molecule has 0 bridgehead atoms. The predicted molar refractivity (Wildman–Crippen MR) is 117 cm³/mol. The van der Waals surface area contributed by atoms with Crippen LogP contribution in [0.3, 0.4) is 0 Å². The summed E-state index contributed by atoms with van der Waals surface area (Å²) in [5.74, 6) is -0.515. The Morgan fingerprint density at radius 3 is 2.50 bits per heavy atom. The van der Waals surface area contributed by atoms with Crippen molar-refractivity contribution in [1.29, 1.82) is 0 Å². The minimum Gasteiger partial charge on any atom is -0.462 e. The van der Waals surface area contributed by atoms with Gasteiger partial charge in [-0.15, -0.1) is 0 Å². The lowest BCUT2D eigenvalue weighted by atomic mass is 10.1. The fourth-order valence-corrected chi connectivity index (χ4v) is 4.01. The van der Waals surface area contributed by atoms with Gasteiger partial charge in [0.15, 0.2) is 11.2 Å². The van der Waals surface area contributed by atoms with Gasteiger partial charge in [-0.3, -0.25) is 14.2 Å². The van der Waals surface area contributed by atoms with Crippen molar-refractivity contribution in [2.45, 2.75) is 26.9 Å². The lowest BCUT2D eigenvalue weighted by Crippen LogP contribution is -2.43. The van der Waals surface area contributed by atoms with E-state index in [0.717, 1.165) is 10.3 Å². The van der Waals surface area contributed by atoms with Crippen molar-refractivity contribution in [3.05, 3.63) is 50.7 Å². The number of amides is 1. The molecule has 1 aliphatic rings. The van der Waals surface area contributed by atoms with Crippen molar-refractivity contribution in [1.82, 2.24) is 18.7 Å². The van der Waals surface area contributed by atoms with E-state index in [4.69, 9.17) is 10.5 Å². The molecule has 0 spiro atoms. The number of benzene rings is 1. The van der Waals surface area contributed by atoms with Gasteiger partial charge < -0.3 is 19.9 Å². The van der Waals surface area contributed by atoms with E-state index in [1.807, 2.05) is 11.8 Å². The first-order valence-corrected chi connectivity index (χ1v) is 10.3. The third-order valence-electron chi connectivity index (χ3n) is 5.45. The van der Waals surface area contributed by atoms with Gasteiger partial charge in [0.2, 0.25) is 11.9 Å². The smallest absolute Gasteiger partial charge is 0.338 e. The Morgan fingerprint density at radius 1 is 1.19 bits per heavy atom. The van der Waals surface area contributed by atoms with Gasteiger partial charge >= 0.3 is 11.7 Å². The maximum Gasteiger partial charge on any atom is 0.338 e. The van der Waals surface area contributed by atoms with Crippen molar-refractivity contribution in [3.8, 4) is 0 Å². The molecule has 168 valence electrons. The normalized spacial score (nSPS) is 15.6. The monoisotopic (exact) mass is 440 g/mol. The van der Waals surface area contributed by atoms with Crippen LogP contribution < -0.4 is 21.9 Å². The number of carbonyl (C=O) groups is 2. The van der Waals surface area contributed by atoms with Gasteiger partial charge in [-0.2, -0.15) is 4.98 Å². The van der Waals surface area contributed by atoms with Crippen molar-refractivity contribution in [2.24, 2.45) is 18.7 Å². The highest BCUT2D eigenvalue weighted by Crippen LogP contribution is 2.32. The molecule has 2 N–H and O–H groups in total. The average Bonchev–Trinajstić information content (AvgIpc) is 3.14. The second kappa shape index (κ2) is 7.98. The van der Waals surface area contributed by atoms with Crippen molar-refractivity contribution in [3.63, 3.8) is 0 Å². The molecule has 1 aliphatic heterocycles. The Balaban J connectivity index is 1.87. The minimum absolute atomic E-state index is 0.158. The molecule has 1 amide bonds. The SMILES string of the molecule is CCOC(=O)c1ccc(N2C[C@@H](C)Cn3c2nc2c3c(=O)n(CC(N)=O)c(=O)n2C)cc1. The zero-order chi connectivity index (χ0) is 23.2. The van der Waals surface area contributed by atoms with Crippen LogP contribution in [0, 0.1) is 5.92 Å². The average molecular weight is 440 g/mol. The number of nitrogens with two attached hydrogens (primary N) is 1. The van der Waals surface area contributed by atoms with Crippen LogP contribution in [0.5, 0.6) is 0 Å². The quantitative estimate of drug-likeness (QED) is 0.566. The zero-order valence-corrected chi connectivity index (χ0v) is 18.1. The van der Waals surface area contributed by atoms with Gasteiger partial charge in [0.05, 0.1) is 12.2 Å². The molecular formula is C21H24N6O5. The molecule has 0 aliphatic carbocycles. The van der Waals surface area contributed by atoms with E-state index < -0.39 is 29.7 Å². The molecule has 0 unspecified atom stereocenters. The lowest BCUT2D eigenvalue weighted by Gasteiger charge is -2.33. The molecule has 1 aromatic carbocycles. The Labute approximate surface area is 182 Å². The fraction of sp³-hybridized carbons (Fsp3) is 0.381. The Kier molecular flexibility index (Phi) is 5.33. The summed E-state index contributed by atoms with van der Waals surface area (Å²) in [6.07, 6.45) is 0. The molecule has 32 heavy (non-hydrogen) atoms. The number of aryl methyl sites for hydroxylation is 1. The highest BCUT2D eigenvalue weighted by atomic mass is 16.5. The van der Waals surface area contributed by atoms with Gasteiger partial charge in [-0.25, -0.2) is 14.2 Å². The molecule has 0 saturated heterocycles. The number of hydrogen-bond donors (Lipinski definition) is 1. The third-order valence-corrected chi connectivity index (χ3v) is 5.45. The zero-order valence-electron chi connectivity index (χ0n) is 18.1. The summed E-state index contributed by atoms with van der Waals surface area (Å²) in [5.41, 5.74) is 5.66. The van der Waals surface area contributed by atoms with Gasteiger partial charge in [0.25, 0.3) is 5.56 Å². The Hall–Kier alpha value is -3.89. The van der Waals surface area contributed by atoms with Gasteiger partial charge in [0.1, 0.15) is 6.54 Å². The molecule has 3 aromatic rings. The number of primary amides is 1. The van der Waals surface area contributed by atoms with Crippen LogP contribution in [-0.2, 0) is 29.7 Å². The topological polar surface area (TPSA) is 134 Å². The van der Waals surface area contributed by atoms with E-state index >= 15 is 0 Å². The van der Waals surface area contributed by atoms with Crippen LogP contribution in [0.25, 0.3) is 11.2 Å². The first-order valence-electron chi connectivity index (χ1n) is 10.3. The number of carbonyl (C=O) groups excluding carboxylic acids is 2. The summed E-state index contributed by atoms with van der Waals surface area (Å²) < 4.78 is 8.88. The largest absolute Gasteiger partial charge is 0.462 e. The highest BCUT2D eigenvalue weighted by molar-refractivity contribution is 5.90. The first-order chi connectivity index (χ1) is 15.2. The standard InChI is InChI=1S/C21H24N6O5/c1-4-32-19(30)13-5-7-14(8-6-13)25-9-12(2)10-26-16-17(23-20(25)26)24(3)21(31)27(18(16)29)11-15(22)28/h5-8,12H,4,9-11H2,1-3H3,(H2,22,28)/t12-/m1/s1. The van der Waals surface area contributed by atoms with E-state index in [2.05, 4.69) is 4.98 Å². The minimum atomic E-state index is -0.779.